The summed E-state index contributed by atoms with van der Waals surface area (Å²) >= 11 is 0. The van der Waals surface area contributed by atoms with Crippen molar-refractivity contribution in [1.29, 1.82) is 0 Å². The summed E-state index contributed by atoms with van der Waals surface area (Å²) in [5.74, 6) is -2.58. The Morgan fingerprint density at radius 2 is 1.85 bits per heavy atom. The lowest BCUT2D eigenvalue weighted by Gasteiger charge is -2.50. The van der Waals surface area contributed by atoms with Gasteiger partial charge in [0.2, 0.25) is 0 Å². The molecule has 6 nitrogen and oxygen atoms in total. The number of fused-ring (bicyclic) bond motifs is 5. The summed E-state index contributed by atoms with van der Waals surface area (Å²) in [5.41, 5.74) is -4.17. The normalized spacial score (nSPS) is 55.3. The summed E-state index contributed by atoms with van der Waals surface area (Å²) in [6.07, 6.45) is 3.65. The molecule has 4 aliphatic rings. The average Bonchev–Trinajstić information content (AvgIpc) is 3.02. The lowest BCUT2D eigenvalue weighted by Crippen LogP contribution is -2.60. The minimum Gasteiger partial charge on any atom is -0.396 e. The van der Waals surface area contributed by atoms with Crippen molar-refractivity contribution in [1.82, 2.24) is 0 Å². The summed E-state index contributed by atoms with van der Waals surface area (Å²) in [6, 6.07) is 0. The van der Waals surface area contributed by atoms with E-state index >= 15 is 0 Å². The van der Waals surface area contributed by atoms with E-state index in [1.54, 1.807) is 26.0 Å². The fraction of sp³-hybridized carbons (Fsp3) is 0.750. The van der Waals surface area contributed by atoms with Crippen LogP contribution in [0.4, 0.5) is 0 Å². The summed E-state index contributed by atoms with van der Waals surface area (Å²) in [4.78, 5) is 12.7. The van der Waals surface area contributed by atoms with Gasteiger partial charge in [-0.2, -0.15) is 0 Å². The van der Waals surface area contributed by atoms with Crippen LogP contribution < -0.4 is 0 Å². The molecule has 0 bridgehead atoms. The molecular weight excluding hydrogens is 336 g/mol. The summed E-state index contributed by atoms with van der Waals surface area (Å²) in [7, 11) is 0. The minimum atomic E-state index is -1.78. The molecule has 0 heterocycles. The zero-order chi connectivity index (χ0) is 19.3. The molecule has 2 saturated carbocycles. The average molecular weight is 364 g/mol. The second kappa shape index (κ2) is 5.06. The van der Waals surface area contributed by atoms with Crippen molar-refractivity contribution in [2.45, 2.75) is 50.4 Å². The molecule has 0 radical (unpaired) electrons. The Morgan fingerprint density at radius 3 is 2.42 bits per heavy atom. The van der Waals surface area contributed by atoms with E-state index in [0.29, 0.717) is 11.1 Å². The number of ketones is 1. The fourth-order valence-electron chi connectivity index (χ4n) is 6.46. The number of carbonyl (C=O) groups excluding carboxylic acids is 1. The lowest BCUT2D eigenvalue weighted by atomic mass is 9.60. The Balaban J connectivity index is 1.92. The Kier molecular flexibility index (Phi) is 3.56. The molecule has 0 aliphatic heterocycles. The van der Waals surface area contributed by atoms with E-state index in [9.17, 15) is 30.3 Å². The summed E-state index contributed by atoms with van der Waals surface area (Å²) in [5, 5.41) is 54.0. The van der Waals surface area contributed by atoms with Gasteiger partial charge < -0.3 is 25.5 Å². The van der Waals surface area contributed by atoms with Gasteiger partial charge in [-0.15, -0.1) is 0 Å². The minimum absolute atomic E-state index is 0.0344. The van der Waals surface area contributed by atoms with Gasteiger partial charge in [-0.1, -0.05) is 26.0 Å². The van der Waals surface area contributed by atoms with Gasteiger partial charge in [-0.05, 0) is 30.4 Å². The van der Waals surface area contributed by atoms with Crippen LogP contribution in [0.15, 0.2) is 23.3 Å². The van der Waals surface area contributed by atoms with E-state index < -0.39 is 51.7 Å². The van der Waals surface area contributed by atoms with E-state index in [1.165, 1.54) is 0 Å². The number of aliphatic hydroxyl groups excluding tert-OH is 2. The highest BCUT2D eigenvalue weighted by Crippen LogP contribution is 2.74. The Hall–Kier alpha value is -1.05. The molecule has 26 heavy (non-hydrogen) atoms. The first-order valence-corrected chi connectivity index (χ1v) is 9.32. The molecule has 5 N–H and O–H groups in total. The van der Waals surface area contributed by atoms with Gasteiger partial charge in [-0.25, -0.2) is 0 Å². The van der Waals surface area contributed by atoms with Crippen molar-refractivity contribution in [2.24, 2.45) is 29.1 Å². The first kappa shape index (κ1) is 18.3. The largest absolute Gasteiger partial charge is 0.396 e. The molecule has 0 aromatic rings. The molecule has 144 valence electrons. The predicted octanol–water partition coefficient (Wildman–Crippen LogP) is -0.0683. The monoisotopic (exact) mass is 364 g/mol. The molecule has 0 aromatic heterocycles. The standard InChI is InChI=1S/C20H28O6/c1-10-4-14-18(24,16(10)23)7-12(8-21)5-13-15-17(3,9-22)19(15,25)6-11(2)20(13,14)26/h4-5,11,13-15,21-22,24-26H,6-9H2,1-3H3/t11-,13+,14-,15-,17-,18-,19+,20-/m1/s1. The van der Waals surface area contributed by atoms with Crippen LogP contribution in [0.1, 0.15) is 33.6 Å². The van der Waals surface area contributed by atoms with Gasteiger partial charge in [0.05, 0.1) is 24.4 Å². The molecule has 4 rings (SSSR count). The van der Waals surface area contributed by atoms with Gasteiger partial charge >= 0.3 is 0 Å². The van der Waals surface area contributed by atoms with E-state index in [-0.39, 0.29) is 26.1 Å². The van der Waals surface area contributed by atoms with Crippen LogP contribution in [0, 0.1) is 29.1 Å². The van der Waals surface area contributed by atoms with Gasteiger partial charge in [0.25, 0.3) is 0 Å². The number of aliphatic hydroxyl groups is 5. The topological polar surface area (TPSA) is 118 Å². The lowest BCUT2D eigenvalue weighted by molar-refractivity contribution is -0.177. The molecule has 0 saturated heterocycles. The molecule has 8 atom stereocenters. The maximum absolute atomic E-state index is 12.7. The van der Waals surface area contributed by atoms with Crippen molar-refractivity contribution >= 4 is 5.78 Å². The predicted molar refractivity (Wildman–Crippen MR) is 92.8 cm³/mol. The molecular formula is C20H28O6. The van der Waals surface area contributed by atoms with E-state index in [0.717, 1.165) is 0 Å². The molecule has 4 aliphatic carbocycles. The third-order valence-electron chi connectivity index (χ3n) is 8.03. The third-order valence-corrected chi connectivity index (χ3v) is 8.03. The van der Waals surface area contributed by atoms with Crippen LogP contribution >= 0.6 is 0 Å². The number of rotatable bonds is 2. The third kappa shape index (κ3) is 1.77. The van der Waals surface area contributed by atoms with Crippen molar-refractivity contribution < 1.29 is 30.3 Å². The van der Waals surface area contributed by atoms with Crippen molar-refractivity contribution in [2.75, 3.05) is 13.2 Å². The van der Waals surface area contributed by atoms with Crippen LogP contribution in [0.3, 0.4) is 0 Å². The quantitative estimate of drug-likeness (QED) is 0.438. The van der Waals surface area contributed by atoms with E-state index in [2.05, 4.69) is 0 Å². The highest BCUT2D eigenvalue weighted by atomic mass is 16.3. The SMILES string of the molecule is CC1=C[C@H]2[C@@]3(O)[C@H](C)C[C@]4(O)[C@H]([C@@H]3C=C(CO)C[C@]2(O)C1=O)[C@@]4(C)CO. The molecule has 0 unspecified atom stereocenters. The number of carbonyl (C=O) groups is 1. The number of hydrogen-bond acceptors (Lipinski definition) is 6. The van der Waals surface area contributed by atoms with Gasteiger partial charge in [0, 0.05) is 29.6 Å². The van der Waals surface area contributed by atoms with Gasteiger partial charge in [0.1, 0.15) is 5.60 Å². The van der Waals surface area contributed by atoms with Crippen LogP contribution in [0.5, 0.6) is 0 Å². The Morgan fingerprint density at radius 1 is 1.19 bits per heavy atom. The zero-order valence-corrected chi connectivity index (χ0v) is 15.4. The highest BCUT2D eigenvalue weighted by Gasteiger charge is 2.82. The second-order valence-corrected chi connectivity index (χ2v) is 9.24. The van der Waals surface area contributed by atoms with Gasteiger partial charge in [0.15, 0.2) is 5.78 Å². The molecule has 2 fully saturated rings. The molecule has 0 spiro atoms. The maximum Gasteiger partial charge on any atom is 0.190 e. The molecule has 6 heteroatoms. The van der Waals surface area contributed by atoms with Crippen LogP contribution in [-0.2, 0) is 4.79 Å². The highest BCUT2D eigenvalue weighted by molar-refractivity contribution is 6.04. The van der Waals surface area contributed by atoms with Gasteiger partial charge in [-0.3, -0.25) is 4.79 Å². The van der Waals surface area contributed by atoms with Crippen LogP contribution in [0.2, 0.25) is 0 Å². The maximum atomic E-state index is 12.7. The van der Waals surface area contributed by atoms with Crippen LogP contribution in [0.25, 0.3) is 0 Å². The number of hydrogen-bond donors (Lipinski definition) is 5. The van der Waals surface area contributed by atoms with Crippen molar-refractivity contribution in [3.63, 3.8) is 0 Å². The molecule has 0 amide bonds. The van der Waals surface area contributed by atoms with Crippen LogP contribution in [-0.4, -0.2) is 61.3 Å². The zero-order valence-electron chi connectivity index (χ0n) is 15.4. The second-order valence-electron chi connectivity index (χ2n) is 9.24. The molecule has 0 aromatic carbocycles. The van der Waals surface area contributed by atoms with E-state index in [4.69, 9.17) is 0 Å². The Bertz CT molecular complexity index is 743. The smallest absolute Gasteiger partial charge is 0.190 e. The fourth-order valence-corrected chi connectivity index (χ4v) is 6.46. The number of Topliss-reactive ketones (excluding diaryl/α,β-unsaturated/α-hetero) is 1. The first-order chi connectivity index (χ1) is 12.0. The van der Waals surface area contributed by atoms with E-state index in [1.807, 2.05) is 6.92 Å². The summed E-state index contributed by atoms with van der Waals surface area (Å²) in [6.45, 7) is 4.72. The van der Waals surface area contributed by atoms with Crippen molar-refractivity contribution in [3.05, 3.63) is 23.3 Å². The Labute approximate surface area is 152 Å². The summed E-state index contributed by atoms with van der Waals surface area (Å²) < 4.78 is 0. The first-order valence-electron chi connectivity index (χ1n) is 9.32. The van der Waals surface area contributed by atoms with Crippen molar-refractivity contribution in [3.8, 4) is 0 Å².